The van der Waals surface area contributed by atoms with E-state index in [1.54, 1.807) is 11.1 Å². The second-order valence-corrected chi connectivity index (χ2v) is 13.0. The van der Waals surface area contributed by atoms with E-state index in [4.69, 9.17) is 0 Å². The van der Waals surface area contributed by atoms with E-state index in [9.17, 15) is 0 Å². The Morgan fingerprint density at radius 1 is 0.718 bits per heavy atom. The van der Waals surface area contributed by atoms with E-state index in [0.717, 1.165) is 25.9 Å². The van der Waals surface area contributed by atoms with Crippen LogP contribution >= 0.6 is 0 Å². The predicted molar refractivity (Wildman–Crippen MR) is 165 cm³/mol. The van der Waals surface area contributed by atoms with Gasteiger partial charge in [0.05, 0.1) is 5.41 Å². The summed E-state index contributed by atoms with van der Waals surface area (Å²) in [5.74, 6) is 0. The van der Waals surface area contributed by atoms with Crippen LogP contribution in [0.2, 0.25) is 0 Å². The first-order valence-electron chi connectivity index (χ1n) is 14.8. The van der Waals surface area contributed by atoms with Crippen LogP contribution in [0, 0.1) is 0 Å². The van der Waals surface area contributed by atoms with Gasteiger partial charge in [0.2, 0.25) is 5.69 Å². The van der Waals surface area contributed by atoms with E-state index in [2.05, 4.69) is 116 Å². The maximum atomic E-state index is 2.66. The average molecular weight is 510 g/mol. The van der Waals surface area contributed by atoms with Gasteiger partial charge in [-0.25, -0.2) is 0 Å². The van der Waals surface area contributed by atoms with Gasteiger partial charge in [-0.3, -0.25) is 0 Å². The first-order valence-corrected chi connectivity index (χ1v) is 14.8. The van der Waals surface area contributed by atoms with Crippen LogP contribution in [0.3, 0.4) is 0 Å². The van der Waals surface area contributed by atoms with Gasteiger partial charge in [0.1, 0.15) is 6.54 Å². The molecular weight excluding hydrogens is 472 g/mol. The van der Waals surface area contributed by atoms with Crippen molar-refractivity contribution in [1.29, 1.82) is 0 Å². The summed E-state index contributed by atoms with van der Waals surface area (Å²) in [5.41, 5.74) is 12.0. The minimum absolute atomic E-state index is 0.0214. The highest BCUT2D eigenvalue weighted by Crippen LogP contribution is 2.54. The molecule has 4 aromatic rings. The number of nitrogens with zero attached hydrogens (tertiary/aromatic N) is 2. The molecule has 4 aliphatic rings. The molecule has 0 aromatic heterocycles. The SMILES string of the molecule is CC1(C)C2=C(C=C3CCC[N+]4=C3C(C)(C)c3c4ccc4ccccc34)CCCN2c2ccc3ccccc3c21. The normalized spacial score (nSPS) is 21.9. The third kappa shape index (κ3) is 3.06. The molecule has 0 radical (unpaired) electrons. The number of fused-ring (bicyclic) bond motifs is 9. The molecule has 194 valence electrons. The Balaban J connectivity index is 1.32. The monoisotopic (exact) mass is 509 g/mol. The molecule has 0 saturated heterocycles. The van der Waals surface area contributed by atoms with Gasteiger partial charge in [-0.05, 0) is 84.0 Å². The van der Waals surface area contributed by atoms with Gasteiger partial charge in [-0.2, -0.15) is 4.58 Å². The highest BCUT2D eigenvalue weighted by Gasteiger charge is 2.50. The molecule has 4 aliphatic heterocycles. The van der Waals surface area contributed by atoms with Gasteiger partial charge < -0.3 is 4.90 Å². The quantitative estimate of drug-likeness (QED) is 0.232. The zero-order valence-corrected chi connectivity index (χ0v) is 23.6. The standard InChI is InChI=1S/C37H37N2/c1-36(2)32-28-15-7-5-11-24(28)17-19-30(32)38-21-9-13-26(34(36)38)23-27-14-10-22-39-31-20-18-25-12-6-8-16-29(25)33(31)37(3,4)35(27)39/h5-8,11-12,15-20,23H,9-10,13-14,21-22H2,1-4H3/q+1. The van der Waals surface area contributed by atoms with Crippen molar-refractivity contribution >= 4 is 38.6 Å². The lowest BCUT2D eigenvalue weighted by molar-refractivity contribution is -0.441. The molecule has 0 unspecified atom stereocenters. The van der Waals surface area contributed by atoms with E-state index in [1.165, 1.54) is 68.3 Å². The minimum atomic E-state index is -0.0214. The largest absolute Gasteiger partial charge is 0.344 e. The summed E-state index contributed by atoms with van der Waals surface area (Å²) in [6, 6.07) is 27.3. The maximum absolute atomic E-state index is 2.66. The third-order valence-corrected chi connectivity index (χ3v) is 9.98. The number of anilines is 1. The molecule has 0 saturated carbocycles. The molecule has 0 fully saturated rings. The summed E-state index contributed by atoms with van der Waals surface area (Å²) in [6.07, 6.45) is 7.37. The van der Waals surface area contributed by atoms with Crippen molar-refractivity contribution in [3.8, 4) is 0 Å². The van der Waals surface area contributed by atoms with Gasteiger partial charge in [0, 0.05) is 47.0 Å². The Labute approximate surface area is 232 Å². The van der Waals surface area contributed by atoms with E-state index in [1.807, 2.05) is 0 Å². The molecule has 0 atom stereocenters. The highest BCUT2D eigenvalue weighted by molar-refractivity contribution is 6.11. The van der Waals surface area contributed by atoms with Crippen molar-refractivity contribution in [3.05, 3.63) is 107 Å². The molecule has 4 aromatic carbocycles. The molecule has 2 nitrogen and oxygen atoms in total. The van der Waals surface area contributed by atoms with Crippen molar-refractivity contribution in [3.63, 3.8) is 0 Å². The van der Waals surface area contributed by atoms with Gasteiger partial charge in [-0.15, -0.1) is 0 Å². The number of rotatable bonds is 1. The molecule has 4 heterocycles. The van der Waals surface area contributed by atoms with Crippen molar-refractivity contribution in [2.45, 2.75) is 64.2 Å². The lowest BCUT2D eigenvalue weighted by Crippen LogP contribution is -2.35. The summed E-state index contributed by atoms with van der Waals surface area (Å²) in [7, 11) is 0. The van der Waals surface area contributed by atoms with Crippen LogP contribution in [0.25, 0.3) is 21.5 Å². The Morgan fingerprint density at radius 3 is 2.18 bits per heavy atom. The molecule has 8 rings (SSSR count). The van der Waals surface area contributed by atoms with Gasteiger partial charge in [-0.1, -0.05) is 68.4 Å². The van der Waals surface area contributed by atoms with Crippen molar-refractivity contribution in [1.82, 2.24) is 0 Å². The highest BCUT2D eigenvalue weighted by atomic mass is 15.2. The molecule has 0 aliphatic carbocycles. The number of allylic oxidation sites excluding steroid dienone is 4. The zero-order valence-electron chi connectivity index (χ0n) is 23.6. The Bertz CT molecular complexity index is 1810. The fourth-order valence-corrected chi connectivity index (χ4v) is 8.63. The van der Waals surface area contributed by atoms with Crippen LogP contribution in [0.4, 0.5) is 11.4 Å². The zero-order chi connectivity index (χ0) is 26.5. The molecule has 2 heteroatoms. The van der Waals surface area contributed by atoms with E-state index < -0.39 is 0 Å². The molecule has 0 spiro atoms. The van der Waals surface area contributed by atoms with Crippen LogP contribution in [0.15, 0.2) is 95.7 Å². The smallest absolute Gasteiger partial charge is 0.210 e. The summed E-state index contributed by atoms with van der Waals surface area (Å²) in [4.78, 5) is 2.66. The van der Waals surface area contributed by atoms with E-state index >= 15 is 0 Å². The minimum Gasteiger partial charge on any atom is -0.344 e. The van der Waals surface area contributed by atoms with Gasteiger partial charge in [0.25, 0.3) is 0 Å². The number of hydrogen-bond acceptors (Lipinski definition) is 1. The Hall–Kier alpha value is -3.65. The van der Waals surface area contributed by atoms with Gasteiger partial charge >= 0.3 is 0 Å². The Morgan fingerprint density at radius 2 is 1.41 bits per heavy atom. The lowest BCUT2D eigenvalue weighted by Gasteiger charge is -2.34. The van der Waals surface area contributed by atoms with Crippen molar-refractivity contribution < 1.29 is 4.58 Å². The molecule has 0 bridgehead atoms. The van der Waals surface area contributed by atoms with E-state index in [0.29, 0.717) is 0 Å². The van der Waals surface area contributed by atoms with Crippen molar-refractivity contribution in [2.75, 3.05) is 18.0 Å². The second-order valence-electron chi connectivity index (χ2n) is 13.0. The van der Waals surface area contributed by atoms with Crippen LogP contribution in [0.5, 0.6) is 0 Å². The van der Waals surface area contributed by atoms with Crippen LogP contribution in [-0.4, -0.2) is 23.4 Å². The van der Waals surface area contributed by atoms with Crippen LogP contribution in [-0.2, 0) is 10.8 Å². The fourth-order valence-electron chi connectivity index (χ4n) is 8.63. The summed E-state index contributed by atoms with van der Waals surface area (Å²) in [6.45, 7) is 12.1. The second kappa shape index (κ2) is 7.94. The topological polar surface area (TPSA) is 6.25 Å². The molecular formula is C37H37N2+. The van der Waals surface area contributed by atoms with Crippen molar-refractivity contribution in [2.24, 2.45) is 0 Å². The number of hydrogen-bond donors (Lipinski definition) is 0. The summed E-state index contributed by atoms with van der Waals surface area (Å²) in [5, 5.41) is 5.51. The van der Waals surface area contributed by atoms with Gasteiger partial charge in [0.15, 0.2) is 5.71 Å². The predicted octanol–water partition coefficient (Wildman–Crippen LogP) is 8.94. The first-order chi connectivity index (χ1) is 18.9. The summed E-state index contributed by atoms with van der Waals surface area (Å²) >= 11 is 0. The first kappa shape index (κ1) is 23.3. The molecule has 0 N–H and O–H groups in total. The fraction of sp³-hybridized carbons (Fsp3) is 0.324. The Kier molecular flexibility index (Phi) is 4.74. The van der Waals surface area contributed by atoms with Crippen LogP contribution < -0.4 is 4.90 Å². The van der Waals surface area contributed by atoms with E-state index in [-0.39, 0.29) is 10.8 Å². The summed E-state index contributed by atoms with van der Waals surface area (Å²) < 4.78 is 2.66. The van der Waals surface area contributed by atoms with Crippen LogP contribution in [0.1, 0.15) is 64.5 Å². The maximum Gasteiger partial charge on any atom is 0.210 e. The molecule has 0 amide bonds. The average Bonchev–Trinajstić information content (AvgIpc) is 3.34. The lowest BCUT2D eigenvalue weighted by atomic mass is 9.74. The molecule has 39 heavy (non-hydrogen) atoms. The third-order valence-electron chi connectivity index (χ3n) is 9.98. The number of benzene rings is 4.